The normalized spacial score (nSPS) is 11.0. The molecule has 0 fully saturated rings. The Balaban J connectivity index is 1.81. The van der Waals surface area contributed by atoms with E-state index in [4.69, 9.17) is 5.73 Å². The van der Waals surface area contributed by atoms with Crippen molar-refractivity contribution in [2.75, 3.05) is 5.73 Å². The Hall–Kier alpha value is -3.29. The molecule has 0 aliphatic rings. The zero-order valence-electron chi connectivity index (χ0n) is 10.8. The van der Waals surface area contributed by atoms with Crippen LogP contribution < -0.4 is 5.73 Å². The van der Waals surface area contributed by atoms with Gasteiger partial charge in [-0.15, -0.1) is 5.10 Å². The molecule has 0 unspecified atom stereocenters. The van der Waals surface area contributed by atoms with Crippen LogP contribution in [0.3, 0.4) is 0 Å². The summed E-state index contributed by atoms with van der Waals surface area (Å²) in [6.07, 6.45) is 6.91. The molecule has 102 valence electrons. The first-order chi connectivity index (χ1) is 10.3. The molecule has 0 aliphatic heterocycles. The van der Waals surface area contributed by atoms with Gasteiger partial charge in [0.15, 0.2) is 11.5 Å². The third-order valence-electron chi connectivity index (χ3n) is 3.15. The van der Waals surface area contributed by atoms with E-state index in [9.17, 15) is 0 Å². The predicted molar refractivity (Wildman–Crippen MR) is 75.5 cm³/mol. The lowest BCUT2D eigenvalue weighted by molar-refractivity contribution is 0.746. The van der Waals surface area contributed by atoms with Crippen LogP contribution in [0.1, 0.15) is 0 Å². The van der Waals surface area contributed by atoms with Gasteiger partial charge in [-0.1, -0.05) is 12.1 Å². The van der Waals surface area contributed by atoms with Crippen molar-refractivity contribution in [2.45, 2.75) is 0 Å². The number of nitrogens with zero attached hydrogens (tertiary/aromatic N) is 7. The zero-order chi connectivity index (χ0) is 14.2. The first kappa shape index (κ1) is 11.5. The van der Waals surface area contributed by atoms with Gasteiger partial charge in [-0.2, -0.15) is 9.61 Å². The van der Waals surface area contributed by atoms with Crippen LogP contribution in [0.25, 0.3) is 22.6 Å². The lowest BCUT2D eigenvalue weighted by Crippen LogP contribution is -2.04. The lowest BCUT2D eigenvalue weighted by atomic mass is 10.1. The summed E-state index contributed by atoms with van der Waals surface area (Å²) >= 11 is 0. The fourth-order valence-electron chi connectivity index (χ4n) is 2.09. The molecular weight excluding hydrogens is 268 g/mol. The Bertz CT molecular complexity index is 905. The van der Waals surface area contributed by atoms with Crippen LogP contribution in [0.5, 0.6) is 0 Å². The maximum Gasteiger partial charge on any atom is 0.199 e. The maximum absolute atomic E-state index is 5.70. The van der Waals surface area contributed by atoms with Crippen LogP contribution in [0.4, 0.5) is 5.69 Å². The standard InChI is InChI=1S/C13H10N8/c14-11-3-1-9(2-4-11)10-5-16-20(8-10)13-7-15-6-12-17-18-19-21(12)13/h1-8H,14H2. The Morgan fingerprint density at radius 2 is 1.81 bits per heavy atom. The second-order valence-corrected chi connectivity index (χ2v) is 4.51. The molecule has 0 radical (unpaired) electrons. The minimum absolute atomic E-state index is 0.567. The van der Waals surface area contributed by atoms with Crippen LogP contribution in [0.15, 0.2) is 49.1 Å². The Morgan fingerprint density at radius 3 is 2.67 bits per heavy atom. The van der Waals surface area contributed by atoms with Gasteiger partial charge in [0.1, 0.15) is 0 Å². The van der Waals surface area contributed by atoms with Crippen molar-refractivity contribution in [1.29, 1.82) is 0 Å². The van der Waals surface area contributed by atoms with E-state index < -0.39 is 0 Å². The van der Waals surface area contributed by atoms with Crippen molar-refractivity contribution in [3.05, 3.63) is 49.1 Å². The Kier molecular flexibility index (Phi) is 2.40. The quantitative estimate of drug-likeness (QED) is 0.548. The molecule has 0 amide bonds. The Morgan fingerprint density at radius 1 is 0.952 bits per heavy atom. The zero-order valence-corrected chi connectivity index (χ0v) is 10.8. The summed E-state index contributed by atoms with van der Waals surface area (Å²) in [6, 6.07) is 7.62. The minimum Gasteiger partial charge on any atom is -0.399 e. The Labute approximate surface area is 118 Å². The van der Waals surface area contributed by atoms with E-state index in [1.165, 1.54) is 0 Å². The average molecular weight is 278 g/mol. The fourth-order valence-corrected chi connectivity index (χ4v) is 2.09. The third-order valence-corrected chi connectivity index (χ3v) is 3.15. The first-order valence-electron chi connectivity index (χ1n) is 6.24. The van der Waals surface area contributed by atoms with Gasteiger partial charge in [-0.25, -0.2) is 4.68 Å². The summed E-state index contributed by atoms with van der Waals surface area (Å²) in [5, 5.41) is 15.8. The van der Waals surface area contributed by atoms with Gasteiger partial charge in [0.2, 0.25) is 0 Å². The smallest absolute Gasteiger partial charge is 0.199 e. The van der Waals surface area contributed by atoms with E-state index in [1.807, 2.05) is 30.5 Å². The summed E-state index contributed by atoms with van der Waals surface area (Å²) in [5.41, 5.74) is 9.00. The van der Waals surface area contributed by atoms with Gasteiger partial charge in [0, 0.05) is 17.4 Å². The number of benzene rings is 1. The molecule has 0 bridgehead atoms. The van der Waals surface area contributed by atoms with E-state index >= 15 is 0 Å². The molecule has 1 aromatic carbocycles. The minimum atomic E-state index is 0.567. The molecule has 3 aromatic heterocycles. The number of tetrazole rings is 1. The van der Waals surface area contributed by atoms with Gasteiger partial charge >= 0.3 is 0 Å². The number of rotatable bonds is 2. The maximum atomic E-state index is 5.70. The molecule has 2 N–H and O–H groups in total. The van der Waals surface area contributed by atoms with Crippen molar-refractivity contribution >= 4 is 11.3 Å². The van der Waals surface area contributed by atoms with E-state index in [1.54, 1.807) is 27.8 Å². The molecule has 8 nitrogen and oxygen atoms in total. The van der Waals surface area contributed by atoms with Crippen molar-refractivity contribution in [3.8, 4) is 16.9 Å². The highest BCUT2D eigenvalue weighted by molar-refractivity contribution is 5.64. The molecule has 4 aromatic rings. The highest BCUT2D eigenvalue weighted by atomic mass is 15.5. The number of hydrogen-bond donors (Lipinski definition) is 1. The van der Waals surface area contributed by atoms with Gasteiger partial charge in [0.05, 0.1) is 18.6 Å². The lowest BCUT2D eigenvalue weighted by Gasteiger charge is -2.01. The molecular formula is C13H10N8. The second kappa shape index (κ2) is 4.37. The second-order valence-electron chi connectivity index (χ2n) is 4.51. The van der Waals surface area contributed by atoms with Crippen molar-refractivity contribution in [1.82, 2.24) is 34.8 Å². The van der Waals surface area contributed by atoms with Gasteiger partial charge in [-0.3, -0.25) is 4.98 Å². The molecule has 0 saturated heterocycles. The molecule has 8 heteroatoms. The molecule has 4 rings (SSSR count). The number of nitrogens with two attached hydrogens (primary N) is 1. The van der Waals surface area contributed by atoms with Crippen molar-refractivity contribution < 1.29 is 0 Å². The fraction of sp³-hybridized carbons (Fsp3) is 0. The van der Waals surface area contributed by atoms with Gasteiger partial charge in [-0.05, 0) is 28.1 Å². The van der Waals surface area contributed by atoms with E-state index in [0.29, 0.717) is 11.5 Å². The first-order valence-corrected chi connectivity index (χ1v) is 6.24. The molecule has 0 saturated carbocycles. The van der Waals surface area contributed by atoms with E-state index in [2.05, 4.69) is 25.6 Å². The molecule has 21 heavy (non-hydrogen) atoms. The van der Waals surface area contributed by atoms with Crippen LogP contribution in [-0.4, -0.2) is 34.8 Å². The van der Waals surface area contributed by atoms with Crippen molar-refractivity contribution in [2.24, 2.45) is 0 Å². The summed E-state index contributed by atoms with van der Waals surface area (Å²) in [6.45, 7) is 0. The van der Waals surface area contributed by atoms with Crippen LogP contribution in [0.2, 0.25) is 0 Å². The predicted octanol–water partition coefficient (Wildman–Crippen LogP) is 0.954. The van der Waals surface area contributed by atoms with Crippen molar-refractivity contribution in [3.63, 3.8) is 0 Å². The van der Waals surface area contributed by atoms with Crippen LogP contribution >= 0.6 is 0 Å². The van der Waals surface area contributed by atoms with Gasteiger partial charge in [0.25, 0.3) is 0 Å². The largest absolute Gasteiger partial charge is 0.399 e. The topological polar surface area (TPSA) is 99.8 Å². The van der Waals surface area contributed by atoms with E-state index in [0.717, 1.165) is 16.8 Å². The van der Waals surface area contributed by atoms with Crippen LogP contribution in [0, 0.1) is 0 Å². The molecule has 0 aliphatic carbocycles. The number of anilines is 1. The number of fused-ring (bicyclic) bond motifs is 1. The highest BCUT2D eigenvalue weighted by Gasteiger charge is 2.08. The summed E-state index contributed by atoms with van der Waals surface area (Å²) < 4.78 is 3.26. The highest BCUT2D eigenvalue weighted by Crippen LogP contribution is 2.21. The van der Waals surface area contributed by atoms with Gasteiger partial charge < -0.3 is 5.73 Å². The SMILES string of the molecule is Nc1ccc(-c2cnn(-c3cncc4nnnn34)c2)cc1. The molecule has 3 heterocycles. The van der Waals surface area contributed by atoms with Crippen LogP contribution in [-0.2, 0) is 0 Å². The summed E-state index contributed by atoms with van der Waals surface area (Å²) in [4.78, 5) is 4.11. The number of nitrogen functional groups attached to an aromatic ring is 1. The molecule has 0 spiro atoms. The average Bonchev–Trinajstić information content (AvgIpc) is 3.16. The van der Waals surface area contributed by atoms with E-state index in [-0.39, 0.29) is 0 Å². The number of aromatic nitrogens is 7. The monoisotopic (exact) mass is 278 g/mol. The molecule has 0 atom stereocenters. The number of hydrogen-bond acceptors (Lipinski definition) is 6. The summed E-state index contributed by atoms with van der Waals surface area (Å²) in [7, 11) is 0. The third kappa shape index (κ3) is 1.89. The summed E-state index contributed by atoms with van der Waals surface area (Å²) in [5.74, 6) is 0.666.